The van der Waals surface area contributed by atoms with Gasteiger partial charge in [-0.25, -0.2) is 0 Å². The number of fused-ring (bicyclic) bond motifs is 1. The number of amides is 1. The number of ether oxygens (including phenoxy) is 1. The Kier molecular flexibility index (Phi) is 4.61. The number of carbonyl (C=O) groups is 3. The van der Waals surface area contributed by atoms with Crippen LogP contribution in [0.3, 0.4) is 0 Å². The molecule has 1 aromatic rings. The van der Waals surface area contributed by atoms with E-state index in [2.05, 4.69) is 19.9 Å². The Balaban J connectivity index is 1.66. The molecule has 1 aromatic carbocycles. The first-order chi connectivity index (χ1) is 12.2. The lowest BCUT2D eigenvalue weighted by molar-refractivity contribution is -0.151. The number of benzene rings is 1. The molecule has 0 aliphatic carbocycles. The van der Waals surface area contributed by atoms with Crippen LogP contribution in [0, 0.1) is 5.92 Å². The first kappa shape index (κ1) is 18.2. The molecule has 1 saturated heterocycles. The summed E-state index contributed by atoms with van der Waals surface area (Å²) in [6.45, 7) is 4.18. The molecule has 0 aromatic heterocycles. The predicted octanol–water partition coefficient (Wildman–Crippen LogP) is 1.89. The van der Waals surface area contributed by atoms with Crippen molar-refractivity contribution < 1.29 is 19.1 Å². The van der Waals surface area contributed by atoms with E-state index >= 15 is 0 Å². The monoisotopic (exact) mass is 356 g/mol. The molecule has 6 heteroatoms. The number of hydrogen-bond donors (Lipinski definition) is 0. The molecule has 1 fully saturated rings. The van der Waals surface area contributed by atoms with Crippen LogP contribution < -0.4 is 4.90 Å². The van der Waals surface area contributed by atoms with Gasteiger partial charge in [0, 0.05) is 49.9 Å². The van der Waals surface area contributed by atoms with Gasteiger partial charge in [0.05, 0.1) is 5.92 Å². The number of carbonyl (C=O) groups excluding carboxylic acids is 3. The average Bonchev–Trinajstić information content (AvgIpc) is 3.03. The molecule has 0 saturated carbocycles. The van der Waals surface area contributed by atoms with Gasteiger partial charge in [0.1, 0.15) is 0 Å². The van der Waals surface area contributed by atoms with E-state index in [1.165, 1.54) is 4.90 Å². The maximum Gasteiger partial charge on any atom is 0.311 e. The normalized spacial score (nSPS) is 22.7. The molecule has 6 nitrogen and oxygen atoms in total. The van der Waals surface area contributed by atoms with Crippen molar-refractivity contribution in [3.05, 3.63) is 41.6 Å². The van der Waals surface area contributed by atoms with Crippen molar-refractivity contribution in [3.63, 3.8) is 0 Å². The average molecular weight is 356 g/mol. The van der Waals surface area contributed by atoms with Gasteiger partial charge in [-0.3, -0.25) is 14.4 Å². The molecule has 0 N–H and O–H groups in total. The highest BCUT2D eigenvalue weighted by Crippen LogP contribution is 2.46. The zero-order chi connectivity index (χ0) is 19.1. The summed E-state index contributed by atoms with van der Waals surface area (Å²) in [6, 6.07) is 8.04. The number of allylic oxidation sites excluding steroid dienone is 1. The standard InChI is InChI=1S/C20H24N2O4/c1-20(2)15-7-5-6-8-16(15)22(4)17(20)10-14(23)12-26-19(25)13-9-18(24)21(3)11-13/h5-8,10,13H,9,11-12H2,1-4H3/b17-10+. The lowest BCUT2D eigenvalue weighted by Gasteiger charge is -2.23. The molecule has 1 unspecified atom stereocenters. The maximum atomic E-state index is 12.4. The van der Waals surface area contributed by atoms with E-state index in [1.54, 1.807) is 13.1 Å². The lowest BCUT2D eigenvalue weighted by atomic mass is 9.83. The van der Waals surface area contributed by atoms with Crippen LogP contribution in [-0.4, -0.2) is 49.8 Å². The molecule has 0 radical (unpaired) electrons. The molecular formula is C20H24N2O4. The van der Waals surface area contributed by atoms with Crippen molar-refractivity contribution in [1.82, 2.24) is 4.90 Å². The van der Waals surface area contributed by atoms with Crippen LogP contribution >= 0.6 is 0 Å². The second kappa shape index (κ2) is 6.59. The van der Waals surface area contributed by atoms with Gasteiger partial charge < -0.3 is 14.5 Å². The largest absolute Gasteiger partial charge is 0.457 e. The number of nitrogens with zero attached hydrogens (tertiary/aromatic N) is 2. The van der Waals surface area contributed by atoms with E-state index in [9.17, 15) is 14.4 Å². The molecule has 0 spiro atoms. The fourth-order valence-electron chi connectivity index (χ4n) is 3.73. The summed E-state index contributed by atoms with van der Waals surface area (Å²) >= 11 is 0. The molecular weight excluding hydrogens is 332 g/mol. The topological polar surface area (TPSA) is 66.9 Å². The van der Waals surface area contributed by atoms with Gasteiger partial charge in [0.2, 0.25) is 5.91 Å². The molecule has 2 aliphatic heterocycles. The highest BCUT2D eigenvalue weighted by Gasteiger charge is 2.38. The Morgan fingerprint density at radius 1 is 1.27 bits per heavy atom. The molecule has 138 valence electrons. The Bertz CT molecular complexity index is 797. The predicted molar refractivity (Wildman–Crippen MR) is 97.7 cm³/mol. The molecule has 2 aliphatic rings. The summed E-state index contributed by atoms with van der Waals surface area (Å²) < 4.78 is 5.14. The van der Waals surface area contributed by atoms with Crippen molar-refractivity contribution in [2.24, 2.45) is 5.92 Å². The SMILES string of the molecule is CN1CC(C(=O)OCC(=O)/C=C2/N(C)c3ccccc3C2(C)C)CC1=O. The van der Waals surface area contributed by atoms with Crippen LogP contribution in [0.2, 0.25) is 0 Å². The third-order valence-corrected chi connectivity index (χ3v) is 5.27. The maximum absolute atomic E-state index is 12.4. The summed E-state index contributed by atoms with van der Waals surface area (Å²) in [7, 11) is 3.58. The highest BCUT2D eigenvalue weighted by molar-refractivity contribution is 5.95. The number of likely N-dealkylation sites (tertiary alicyclic amines) is 1. The minimum atomic E-state index is -0.489. The second-order valence-corrected chi connectivity index (χ2v) is 7.48. The molecule has 1 amide bonds. The van der Waals surface area contributed by atoms with E-state index < -0.39 is 11.9 Å². The zero-order valence-electron chi connectivity index (χ0n) is 15.6. The van der Waals surface area contributed by atoms with Crippen LogP contribution in [0.15, 0.2) is 36.0 Å². The number of hydrogen-bond acceptors (Lipinski definition) is 5. The van der Waals surface area contributed by atoms with E-state index in [-0.39, 0.29) is 30.1 Å². The van der Waals surface area contributed by atoms with Gasteiger partial charge in [0.15, 0.2) is 12.4 Å². The lowest BCUT2D eigenvalue weighted by Crippen LogP contribution is -2.26. The fourth-order valence-corrected chi connectivity index (χ4v) is 3.73. The Hall–Kier alpha value is -2.63. The minimum absolute atomic E-state index is 0.0764. The second-order valence-electron chi connectivity index (χ2n) is 7.48. The molecule has 3 rings (SSSR count). The number of anilines is 1. The Morgan fingerprint density at radius 2 is 1.96 bits per heavy atom. The van der Waals surface area contributed by atoms with Gasteiger partial charge in [-0.05, 0) is 11.6 Å². The smallest absolute Gasteiger partial charge is 0.311 e. The number of ketones is 1. The van der Waals surface area contributed by atoms with Crippen LogP contribution in [-0.2, 0) is 24.5 Å². The number of esters is 1. The molecule has 2 heterocycles. The van der Waals surface area contributed by atoms with Gasteiger partial charge >= 0.3 is 5.97 Å². The van der Waals surface area contributed by atoms with E-state index in [0.717, 1.165) is 16.9 Å². The first-order valence-electron chi connectivity index (χ1n) is 8.70. The van der Waals surface area contributed by atoms with E-state index in [0.29, 0.717) is 6.54 Å². The number of rotatable bonds is 4. The van der Waals surface area contributed by atoms with Gasteiger partial charge in [0.25, 0.3) is 0 Å². The third-order valence-electron chi connectivity index (χ3n) is 5.27. The summed E-state index contributed by atoms with van der Waals surface area (Å²) in [5, 5.41) is 0. The summed E-state index contributed by atoms with van der Waals surface area (Å²) in [5.41, 5.74) is 2.80. The Labute approximate surface area is 153 Å². The Morgan fingerprint density at radius 3 is 2.58 bits per heavy atom. The molecule has 26 heavy (non-hydrogen) atoms. The van der Waals surface area contributed by atoms with Crippen molar-refractivity contribution in [3.8, 4) is 0 Å². The summed E-state index contributed by atoms with van der Waals surface area (Å²) in [4.78, 5) is 39.4. The van der Waals surface area contributed by atoms with Crippen molar-refractivity contribution in [2.75, 3.05) is 32.1 Å². The quantitative estimate of drug-likeness (QED) is 0.609. The van der Waals surface area contributed by atoms with Gasteiger partial charge in [-0.2, -0.15) is 0 Å². The van der Waals surface area contributed by atoms with Crippen molar-refractivity contribution >= 4 is 23.3 Å². The van der Waals surface area contributed by atoms with Crippen LogP contribution in [0.5, 0.6) is 0 Å². The fraction of sp³-hybridized carbons (Fsp3) is 0.450. The highest BCUT2D eigenvalue weighted by atomic mass is 16.5. The van der Waals surface area contributed by atoms with Crippen LogP contribution in [0.25, 0.3) is 0 Å². The number of para-hydroxylation sites is 1. The third kappa shape index (κ3) is 3.11. The van der Waals surface area contributed by atoms with E-state index in [1.807, 2.05) is 30.1 Å². The van der Waals surface area contributed by atoms with Crippen LogP contribution in [0.1, 0.15) is 25.8 Å². The van der Waals surface area contributed by atoms with Gasteiger partial charge in [-0.1, -0.05) is 32.0 Å². The summed E-state index contributed by atoms with van der Waals surface area (Å²) in [5.74, 6) is -1.31. The first-order valence-corrected chi connectivity index (χ1v) is 8.70. The van der Waals surface area contributed by atoms with E-state index in [4.69, 9.17) is 4.74 Å². The zero-order valence-corrected chi connectivity index (χ0v) is 15.6. The minimum Gasteiger partial charge on any atom is -0.457 e. The number of likely N-dealkylation sites (N-methyl/N-ethyl adjacent to an activating group) is 1. The molecule has 0 bridgehead atoms. The van der Waals surface area contributed by atoms with Crippen molar-refractivity contribution in [1.29, 1.82) is 0 Å². The summed E-state index contributed by atoms with van der Waals surface area (Å²) in [6.07, 6.45) is 1.70. The van der Waals surface area contributed by atoms with Gasteiger partial charge in [-0.15, -0.1) is 0 Å². The van der Waals surface area contributed by atoms with Crippen LogP contribution in [0.4, 0.5) is 5.69 Å². The van der Waals surface area contributed by atoms with Crippen molar-refractivity contribution in [2.45, 2.75) is 25.7 Å². The molecule has 1 atom stereocenters.